The van der Waals surface area contributed by atoms with Crippen LogP contribution in [0.15, 0.2) is 76.4 Å². The minimum atomic E-state index is -0.406. The Kier molecular flexibility index (Phi) is 7.84. The number of aromatic nitrogens is 2. The largest absolute Gasteiger partial charge is 0.497 e. The van der Waals surface area contributed by atoms with Gasteiger partial charge in [0.1, 0.15) is 23.0 Å². The summed E-state index contributed by atoms with van der Waals surface area (Å²) in [4.78, 5) is 12.2. The van der Waals surface area contributed by atoms with Crippen molar-refractivity contribution in [1.29, 1.82) is 0 Å². The zero-order valence-corrected chi connectivity index (χ0v) is 20.4. The highest BCUT2D eigenvalue weighted by Gasteiger charge is 2.12. The Morgan fingerprint density at radius 2 is 1.51 bits per heavy atom. The molecule has 0 aliphatic rings. The maximum absolute atomic E-state index is 12.2. The number of hydrogen-bond donors (Lipinski definition) is 0. The van der Waals surface area contributed by atoms with Crippen LogP contribution in [0.25, 0.3) is 23.6 Å². The van der Waals surface area contributed by atoms with Crippen molar-refractivity contribution in [2.45, 2.75) is 12.1 Å². The Bertz CT molecular complexity index is 1290. The fourth-order valence-corrected chi connectivity index (χ4v) is 3.66. The molecule has 7 nitrogen and oxygen atoms in total. The average Bonchev–Trinajstić information content (AvgIpc) is 3.36. The van der Waals surface area contributed by atoms with Crippen LogP contribution in [0.3, 0.4) is 0 Å². The molecule has 0 N–H and O–H groups in total. The molecule has 0 bridgehead atoms. The lowest BCUT2D eigenvalue weighted by Gasteiger charge is -2.06. The summed E-state index contributed by atoms with van der Waals surface area (Å²) < 4.78 is 21.6. The number of methoxy groups -OCH3 is 2. The number of thioether (sulfide) groups is 1. The second-order valence-electron chi connectivity index (χ2n) is 7.55. The molecular weight excluding hydrogens is 464 g/mol. The van der Waals surface area contributed by atoms with Crippen LogP contribution in [0.4, 0.5) is 0 Å². The SMILES string of the molecule is COc1cc(/C=C/c2ccc(OC(=O)CSc3nnc(-c4ccc(C)cc4)o3)cc2)cc(OC)c1. The summed E-state index contributed by atoms with van der Waals surface area (Å²) in [5.41, 5.74) is 3.88. The van der Waals surface area contributed by atoms with Crippen molar-refractivity contribution in [3.8, 4) is 28.7 Å². The summed E-state index contributed by atoms with van der Waals surface area (Å²) in [6.07, 6.45) is 3.91. The first kappa shape index (κ1) is 24.1. The van der Waals surface area contributed by atoms with Crippen LogP contribution >= 0.6 is 11.8 Å². The van der Waals surface area contributed by atoms with Crippen molar-refractivity contribution in [2.75, 3.05) is 20.0 Å². The number of carbonyl (C=O) groups is 1. The number of carbonyl (C=O) groups excluding carboxylic acids is 1. The molecule has 178 valence electrons. The summed E-state index contributed by atoms with van der Waals surface area (Å²) in [7, 11) is 3.23. The molecule has 4 rings (SSSR count). The Labute approximate surface area is 207 Å². The van der Waals surface area contributed by atoms with Gasteiger partial charge in [-0.2, -0.15) is 0 Å². The monoisotopic (exact) mass is 488 g/mol. The molecular formula is C27H24N2O5S. The molecule has 0 radical (unpaired) electrons. The van der Waals surface area contributed by atoms with Gasteiger partial charge in [-0.1, -0.05) is 53.7 Å². The van der Waals surface area contributed by atoms with E-state index in [1.54, 1.807) is 26.4 Å². The molecule has 3 aromatic carbocycles. The van der Waals surface area contributed by atoms with Gasteiger partial charge in [-0.15, -0.1) is 10.2 Å². The predicted molar refractivity (Wildman–Crippen MR) is 136 cm³/mol. The van der Waals surface area contributed by atoms with Gasteiger partial charge >= 0.3 is 5.97 Å². The average molecular weight is 489 g/mol. The summed E-state index contributed by atoms with van der Waals surface area (Å²) in [5.74, 6) is 1.96. The fourth-order valence-electron chi connectivity index (χ4n) is 3.13. The van der Waals surface area contributed by atoms with Crippen LogP contribution in [-0.2, 0) is 4.79 Å². The Morgan fingerprint density at radius 3 is 2.17 bits per heavy atom. The van der Waals surface area contributed by atoms with Crippen molar-refractivity contribution in [1.82, 2.24) is 10.2 Å². The number of esters is 1. The van der Waals surface area contributed by atoms with Gasteiger partial charge in [0.25, 0.3) is 5.22 Å². The number of hydrogen-bond acceptors (Lipinski definition) is 8. The lowest BCUT2D eigenvalue weighted by atomic mass is 10.1. The van der Waals surface area contributed by atoms with E-state index in [4.69, 9.17) is 18.6 Å². The molecule has 0 fully saturated rings. The highest BCUT2D eigenvalue weighted by atomic mass is 32.2. The minimum Gasteiger partial charge on any atom is -0.497 e. The van der Waals surface area contributed by atoms with Gasteiger partial charge in [0.15, 0.2) is 0 Å². The smallest absolute Gasteiger partial charge is 0.321 e. The topological polar surface area (TPSA) is 83.7 Å². The highest BCUT2D eigenvalue weighted by Crippen LogP contribution is 2.25. The number of aryl methyl sites for hydroxylation is 1. The zero-order chi connectivity index (χ0) is 24.6. The summed E-state index contributed by atoms with van der Waals surface area (Å²) in [6.45, 7) is 2.01. The van der Waals surface area contributed by atoms with E-state index in [1.165, 1.54) is 0 Å². The predicted octanol–water partition coefficient (Wildman–Crippen LogP) is 5.93. The molecule has 0 saturated heterocycles. The van der Waals surface area contributed by atoms with E-state index in [9.17, 15) is 4.79 Å². The van der Waals surface area contributed by atoms with Crippen molar-refractivity contribution < 1.29 is 23.4 Å². The van der Waals surface area contributed by atoms with E-state index in [0.717, 1.165) is 45.5 Å². The lowest BCUT2D eigenvalue weighted by Crippen LogP contribution is -2.10. The van der Waals surface area contributed by atoms with Crippen LogP contribution < -0.4 is 14.2 Å². The quantitative estimate of drug-likeness (QED) is 0.124. The number of benzene rings is 3. The van der Waals surface area contributed by atoms with Crippen LogP contribution in [0.1, 0.15) is 16.7 Å². The van der Waals surface area contributed by atoms with E-state index in [0.29, 0.717) is 16.9 Å². The highest BCUT2D eigenvalue weighted by molar-refractivity contribution is 7.99. The molecule has 0 aliphatic carbocycles. The van der Waals surface area contributed by atoms with Crippen LogP contribution in [0.5, 0.6) is 17.2 Å². The number of rotatable bonds is 9. The Balaban J connectivity index is 1.30. The molecule has 1 aromatic heterocycles. The van der Waals surface area contributed by atoms with E-state index < -0.39 is 5.97 Å². The first-order chi connectivity index (χ1) is 17.0. The van der Waals surface area contributed by atoms with Gasteiger partial charge in [-0.3, -0.25) is 4.79 Å². The summed E-state index contributed by atoms with van der Waals surface area (Å²) in [5, 5.41) is 8.34. The third kappa shape index (κ3) is 6.74. The lowest BCUT2D eigenvalue weighted by molar-refractivity contribution is -0.131. The maximum Gasteiger partial charge on any atom is 0.321 e. The van der Waals surface area contributed by atoms with E-state index in [2.05, 4.69) is 10.2 Å². The molecule has 8 heteroatoms. The molecule has 0 amide bonds. The van der Waals surface area contributed by atoms with Crippen LogP contribution in [-0.4, -0.2) is 36.1 Å². The second kappa shape index (κ2) is 11.4. The second-order valence-corrected chi connectivity index (χ2v) is 8.48. The molecule has 0 unspecified atom stereocenters. The zero-order valence-electron chi connectivity index (χ0n) is 19.6. The van der Waals surface area contributed by atoms with Gasteiger partial charge in [0, 0.05) is 11.6 Å². The first-order valence-electron chi connectivity index (χ1n) is 10.8. The standard InChI is InChI=1S/C27H24N2O5S/c1-18-4-10-21(11-5-18)26-28-29-27(34-26)35-17-25(30)33-22-12-8-19(9-13-22)6-7-20-14-23(31-2)16-24(15-20)32-3/h4-16H,17H2,1-3H3/b7-6+. The number of ether oxygens (including phenoxy) is 3. The van der Waals surface area contributed by atoms with Gasteiger partial charge in [-0.25, -0.2) is 0 Å². The van der Waals surface area contributed by atoms with E-state index >= 15 is 0 Å². The van der Waals surface area contributed by atoms with Gasteiger partial charge in [0.05, 0.1) is 14.2 Å². The third-order valence-corrected chi connectivity index (χ3v) is 5.76. The van der Waals surface area contributed by atoms with Crippen molar-refractivity contribution >= 4 is 29.9 Å². The Hall–Kier alpha value is -4.04. The van der Waals surface area contributed by atoms with Gasteiger partial charge < -0.3 is 18.6 Å². The molecule has 1 heterocycles. The van der Waals surface area contributed by atoms with E-state index in [1.807, 2.05) is 73.7 Å². The van der Waals surface area contributed by atoms with Gasteiger partial charge in [-0.05, 0) is 54.4 Å². The molecule has 0 atom stereocenters. The number of nitrogens with zero attached hydrogens (tertiary/aromatic N) is 2. The van der Waals surface area contributed by atoms with Crippen molar-refractivity contribution in [3.05, 3.63) is 83.4 Å². The van der Waals surface area contributed by atoms with Gasteiger partial charge in [0.2, 0.25) is 5.89 Å². The Morgan fingerprint density at radius 1 is 0.857 bits per heavy atom. The normalized spacial score (nSPS) is 10.9. The van der Waals surface area contributed by atoms with E-state index in [-0.39, 0.29) is 5.75 Å². The summed E-state index contributed by atoms with van der Waals surface area (Å²) in [6, 6.07) is 20.7. The molecule has 4 aromatic rings. The van der Waals surface area contributed by atoms with Crippen molar-refractivity contribution in [3.63, 3.8) is 0 Å². The first-order valence-corrected chi connectivity index (χ1v) is 11.8. The minimum absolute atomic E-state index is 0.0505. The van der Waals surface area contributed by atoms with Crippen LogP contribution in [0.2, 0.25) is 0 Å². The molecule has 0 saturated carbocycles. The third-order valence-electron chi connectivity index (χ3n) is 4.97. The maximum atomic E-state index is 12.2. The fraction of sp³-hybridized carbons (Fsp3) is 0.148. The molecule has 0 spiro atoms. The molecule has 35 heavy (non-hydrogen) atoms. The molecule has 0 aliphatic heterocycles. The van der Waals surface area contributed by atoms with Crippen molar-refractivity contribution in [2.24, 2.45) is 0 Å². The van der Waals surface area contributed by atoms with Crippen LogP contribution in [0, 0.1) is 6.92 Å². The summed E-state index contributed by atoms with van der Waals surface area (Å²) >= 11 is 1.13.